The lowest BCUT2D eigenvalue weighted by atomic mass is 9.99. The number of fused-ring (bicyclic) bond motifs is 1. The zero-order valence-corrected chi connectivity index (χ0v) is 14.2. The number of aliphatic hydroxyl groups is 1. The molecule has 1 saturated heterocycles. The number of benzene rings is 2. The molecule has 25 heavy (non-hydrogen) atoms. The van der Waals surface area contributed by atoms with E-state index in [2.05, 4.69) is 16.3 Å². The fourth-order valence-electron chi connectivity index (χ4n) is 3.80. The Bertz CT molecular complexity index is 782. The van der Waals surface area contributed by atoms with Crippen molar-refractivity contribution in [3.63, 3.8) is 0 Å². The van der Waals surface area contributed by atoms with Crippen molar-refractivity contribution in [1.82, 2.24) is 10.2 Å². The number of carbonyl (C=O) groups excluding carboxylic acids is 1. The highest BCUT2D eigenvalue weighted by molar-refractivity contribution is 5.90. The number of hydrogen-bond donors (Lipinski definition) is 2. The third kappa shape index (κ3) is 2.95. The minimum Gasteiger partial charge on any atom is -0.465 e. The average molecular weight is 338 g/mol. The predicted molar refractivity (Wildman–Crippen MR) is 95.0 cm³/mol. The standard InChI is InChI=1S/C20H22N2O3/c1-25-20(24)14-4-2-13(3-5-14)15-6-7-18-16(10-15)12-22(19(18)23)17-8-9-21-11-17/h2-7,10,17,19,21,23H,8-9,11-12H2,1H3/t17-,19?/m1/s1. The van der Waals surface area contributed by atoms with Gasteiger partial charge in [0, 0.05) is 19.1 Å². The number of ether oxygens (including phenoxy) is 1. The molecule has 5 heteroatoms. The summed E-state index contributed by atoms with van der Waals surface area (Å²) in [6.07, 6.45) is 0.558. The number of nitrogens with one attached hydrogen (secondary N) is 1. The van der Waals surface area contributed by atoms with Gasteiger partial charge in [-0.2, -0.15) is 0 Å². The fourth-order valence-corrected chi connectivity index (χ4v) is 3.80. The molecule has 2 aliphatic rings. The molecule has 0 aliphatic carbocycles. The van der Waals surface area contributed by atoms with E-state index < -0.39 is 6.23 Å². The van der Waals surface area contributed by atoms with E-state index in [9.17, 15) is 9.90 Å². The molecule has 4 rings (SSSR count). The first-order valence-corrected chi connectivity index (χ1v) is 8.63. The van der Waals surface area contributed by atoms with Crippen LogP contribution in [-0.4, -0.2) is 42.2 Å². The van der Waals surface area contributed by atoms with Crippen molar-refractivity contribution in [2.75, 3.05) is 20.2 Å². The van der Waals surface area contributed by atoms with E-state index in [0.29, 0.717) is 11.6 Å². The minimum atomic E-state index is -0.518. The van der Waals surface area contributed by atoms with Gasteiger partial charge in [0.2, 0.25) is 0 Å². The van der Waals surface area contributed by atoms with E-state index in [-0.39, 0.29) is 5.97 Å². The number of carbonyl (C=O) groups is 1. The van der Waals surface area contributed by atoms with Gasteiger partial charge in [0.05, 0.1) is 12.7 Å². The van der Waals surface area contributed by atoms with Crippen LogP contribution in [0.5, 0.6) is 0 Å². The summed E-state index contributed by atoms with van der Waals surface area (Å²) >= 11 is 0. The van der Waals surface area contributed by atoms with E-state index in [1.165, 1.54) is 12.7 Å². The maximum atomic E-state index is 11.6. The van der Waals surface area contributed by atoms with Crippen molar-refractivity contribution >= 4 is 5.97 Å². The molecule has 2 atom stereocenters. The topological polar surface area (TPSA) is 61.8 Å². The molecule has 2 heterocycles. The Hall–Kier alpha value is -2.21. The SMILES string of the molecule is COC(=O)c1ccc(-c2ccc3c(c2)CN([C@@H]2CCNC2)C3O)cc1. The third-order valence-corrected chi connectivity index (χ3v) is 5.23. The smallest absolute Gasteiger partial charge is 0.337 e. The first kappa shape index (κ1) is 16.3. The van der Waals surface area contributed by atoms with E-state index in [4.69, 9.17) is 4.74 Å². The van der Waals surface area contributed by atoms with Crippen LogP contribution >= 0.6 is 0 Å². The van der Waals surface area contributed by atoms with Crippen LogP contribution in [0.1, 0.15) is 34.1 Å². The Labute approximate surface area is 147 Å². The van der Waals surface area contributed by atoms with Gasteiger partial charge >= 0.3 is 5.97 Å². The zero-order chi connectivity index (χ0) is 17.4. The lowest BCUT2D eigenvalue weighted by Crippen LogP contribution is -2.35. The van der Waals surface area contributed by atoms with Crippen molar-refractivity contribution < 1.29 is 14.6 Å². The Morgan fingerprint density at radius 2 is 1.96 bits per heavy atom. The second-order valence-corrected chi connectivity index (χ2v) is 6.68. The average Bonchev–Trinajstić information content (AvgIpc) is 3.29. The van der Waals surface area contributed by atoms with Crippen LogP contribution in [0.2, 0.25) is 0 Å². The van der Waals surface area contributed by atoms with Crippen LogP contribution < -0.4 is 5.32 Å². The van der Waals surface area contributed by atoms with Crippen LogP contribution in [0.4, 0.5) is 0 Å². The second-order valence-electron chi connectivity index (χ2n) is 6.68. The van der Waals surface area contributed by atoms with Gasteiger partial charge < -0.3 is 15.2 Å². The highest BCUT2D eigenvalue weighted by Gasteiger charge is 2.34. The first-order valence-electron chi connectivity index (χ1n) is 8.63. The van der Waals surface area contributed by atoms with Gasteiger partial charge in [-0.3, -0.25) is 4.90 Å². The Morgan fingerprint density at radius 3 is 2.64 bits per heavy atom. The molecule has 2 aromatic carbocycles. The summed E-state index contributed by atoms with van der Waals surface area (Å²) in [7, 11) is 1.38. The molecule has 1 unspecified atom stereocenters. The molecule has 2 aliphatic heterocycles. The van der Waals surface area contributed by atoms with Crippen LogP contribution in [-0.2, 0) is 11.3 Å². The first-order chi connectivity index (χ1) is 12.2. The summed E-state index contributed by atoms with van der Waals surface area (Å²) < 4.78 is 4.74. The van der Waals surface area contributed by atoms with Gasteiger partial charge in [-0.05, 0) is 53.4 Å². The van der Waals surface area contributed by atoms with Crippen molar-refractivity contribution in [2.24, 2.45) is 0 Å². The maximum absolute atomic E-state index is 11.6. The largest absolute Gasteiger partial charge is 0.465 e. The molecule has 0 saturated carbocycles. The molecule has 0 bridgehead atoms. The van der Waals surface area contributed by atoms with E-state index in [1.54, 1.807) is 12.1 Å². The molecular weight excluding hydrogens is 316 g/mol. The molecule has 1 fully saturated rings. The van der Waals surface area contributed by atoms with Gasteiger partial charge in [-0.15, -0.1) is 0 Å². The molecule has 130 valence electrons. The molecule has 0 aromatic heterocycles. The molecule has 5 nitrogen and oxygen atoms in total. The van der Waals surface area contributed by atoms with Crippen molar-refractivity contribution in [3.05, 3.63) is 59.2 Å². The van der Waals surface area contributed by atoms with Crippen LogP contribution in [0.25, 0.3) is 11.1 Å². The number of aliphatic hydroxyl groups excluding tert-OH is 1. The molecular formula is C20H22N2O3. The van der Waals surface area contributed by atoms with Crippen LogP contribution in [0.15, 0.2) is 42.5 Å². The van der Waals surface area contributed by atoms with Crippen LogP contribution in [0, 0.1) is 0 Å². The van der Waals surface area contributed by atoms with Crippen molar-refractivity contribution in [2.45, 2.75) is 25.2 Å². The quantitative estimate of drug-likeness (QED) is 0.841. The number of esters is 1. The zero-order valence-electron chi connectivity index (χ0n) is 14.2. The summed E-state index contributed by atoms with van der Waals surface area (Å²) in [5.41, 5.74) is 4.86. The number of rotatable bonds is 3. The molecule has 2 N–H and O–H groups in total. The summed E-state index contributed by atoms with van der Waals surface area (Å²) in [6, 6.07) is 14.0. The summed E-state index contributed by atoms with van der Waals surface area (Å²) in [5, 5.41) is 14.0. The van der Waals surface area contributed by atoms with Crippen molar-refractivity contribution in [1.29, 1.82) is 0 Å². The van der Waals surface area contributed by atoms with Gasteiger partial charge in [-0.1, -0.05) is 24.3 Å². The third-order valence-electron chi connectivity index (χ3n) is 5.23. The van der Waals surface area contributed by atoms with E-state index in [1.807, 2.05) is 24.3 Å². The lowest BCUT2D eigenvalue weighted by Gasteiger charge is -2.26. The Balaban J connectivity index is 1.58. The highest BCUT2D eigenvalue weighted by Crippen LogP contribution is 2.36. The summed E-state index contributed by atoms with van der Waals surface area (Å²) in [6.45, 7) is 2.73. The van der Waals surface area contributed by atoms with E-state index >= 15 is 0 Å². The lowest BCUT2D eigenvalue weighted by molar-refractivity contribution is -0.0116. The second kappa shape index (κ2) is 6.59. The van der Waals surface area contributed by atoms with Gasteiger partial charge in [0.25, 0.3) is 0 Å². The molecule has 2 aromatic rings. The predicted octanol–water partition coefficient (Wildman–Crippen LogP) is 2.31. The van der Waals surface area contributed by atoms with E-state index in [0.717, 1.165) is 42.7 Å². The molecule has 0 radical (unpaired) electrons. The summed E-state index contributed by atoms with van der Waals surface area (Å²) in [5.74, 6) is -0.329. The van der Waals surface area contributed by atoms with Crippen molar-refractivity contribution in [3.8, 4) is 11.1 Å². The summed E-state index contributed by atoms with van der Waals surface area (Å²) in [4.78, 5) is 13.7. The molecule has 0 amide bonds. The Morgan fingerprint density at radius 1 is 1.20 bits per heavy atom. The monoisotopic (exact) mass is 338 g/mol. The maximum Gasteiger partial charge on any atom is 0.337 e. The fraction of sp³-hybridized carbons (Fsp3) is 0.350. The van der Waals surface area contributed by atoms with Gasteiger partial charge in [-0.25, -0.2) is 4.79 Å². The number of hydrogen-bond acceptors (Lipinski definition) is 5. The Kier molecular flexibility index (Phi) is 4.29. The minimum absolute atomic E-state index is 0.329. The normalized spacial score (nSPS) is 22.8. The number of methoxy groups -OCH3 is 1. The van der Waals surface area contributed by atoms with Gasteiger partial charge in [0.1, 0.15) is 6.23 Å². The van der Waals surface area contributed by atoms with Gasteiger partial charge in [0.15, 0.2) is 0 Å². The highest BCUT2D eigenvalue weighted by atomic mass is 16.5. The number of nitrogens with zero attached hydrogens (tertiary/aromatic N) is 1. The molecule has 0 spiro atoms. The van der Waals surface area contributed by atoms with Crippen LogP contribution in [0.3, 0.4) is 0 Å².